The normalized spacial score (nSPS) is 13.1. The van der Waals surface area contributed by atoms with E-state index < -0.39 is 10.0 Å². The summed E-state index contributed by atoms with van der Waals surface area (Å²) in [6, 6.07) is 10.00. The molecule has 1 aromatic heterocycles. The average molecular weight is 356 g/mol. The highest BCUT2D eigenvalue weighted by Crippen LogP contribution is 2.19. The summed E-state index contributed by atoms with van der Waals surface area (Å²) < 4.78 is 27.9. The van der Waals surface area contributed by atoms with E-state index in [1.807, 2.05) is 24.3 Å². The van der Waals surface area contributed by atoms with E-state index >= 15 is 0 Å². The summed E-state index contributed by atoms with van der Waals surface area (Å²) in [6.45, 7) is 1.78. The molecule has 5 nitrogen and oxygen atoms in total. The van der Waals surface area contributed by atoms with Gasteiger partial charge in [0.1, 0.15) is 10.7 Å². The number of pyridine rings is 1. The third-order valence-corrected chi connectivity index (χ3v) is 4.83. The zero-order valence-electron chi connectivity index (χ0n) is 10.7. The first-order valence-corrected chi connectivity index (χ1v) is 8.15. The minimum atomic E-state index is -3.61. The monoisotopic (exact) mass is 355 g/mol. The number of nitrogens with zero attached hydrogens (tertiary/aromatic N) is 1. The van der Waals surface area contributed by atoms with Gasteiger partial charge in [-0.15, -0.1) is 0 Å². The predicted octanol–water partition coefficient (Wildman–Crippen LogP) is 2.47. The molecule has 2 aromatic rings. The number of aromatic nitrogens is 1. The number of rotatable bonds is 4. The summed E-state index contributed by atoms with van der Waals surface area (Å²) in [5.74, 6) is 0.282. The van der Waals surface area contributed by atoms with Crippen molar-refractivity contribution in [2.24, 2.45) is 0 Å². The van der Waals surface area contributed by atoms with Crippen molar-refractivity contribution in [3.63, 3.8) is 0 Å². The molecule has 7 heteroatoms. The lowest BCUT2D eigenvalue weighted by atomic mass is 10.1. The van der Waals surface area contributed by atoms with Crippen LogP contribution in [0.15, 0.2) is 52.0 Å². The van der Waals surface area contributed by atoms with Gasteiger partial charge in [-0.3, -0.25) is 0 Å². The second-order valence-corrected chi connectivity index (χ2v) is 6.94. The Bertz CT molecular complexity index is 685. The van der Waals surface area contributed by atoms with Crippen molar-refractivity contribution in [2.75, 3.05) is 5.73 Å². The minimum Gasteiger partial charge on any atom is -0.384 e. The van der Waals surface area contributed by atoms with Crippen molar-refractivity contribution in [1.82, 2.24) is 9.71 Å². The van der Waals surface area contributed by atoms with Gasteiger partial charge >= 0.3 is 0 Å². The lowest BCUT2D eigenvalue weighted by Crippen LogP contribution is -2.27. The summed E-state index contributed by atoms with van der Waals surface area (Å²) in [5.41, 5.74) is 6.32. The second kappa shape index (κ2) is 5.90. The minimum absolute atomic E-state index is 0.0932. The van der Waals surface area contributed by atoms with Crippen LogP contribution >= 0.6 is 15.9 Å². The molecule has 0 saturated heterocycles. The molecule has 20 heavy (non-hydrogen) atoms. The molecule has 0 bridgehead atoms. The molecule has 106 valence electrons. The van der Waals surface area contributed by atoms with Gasteiger partial charge < -0.3 is 5.73 Å². The molecule has 0 amide bonds. The molecule has 0 aliphatic heterocycles. The zero-order chi connectivity index (χ0) is 14.8. The smallest absolute Gasteiger partial charge is 0.242 e. The van der Waals surface area contributed by atoms with Crippen LogP contribution in [0.5, 0.6) is 0 Å². The maximum absolute atomic E-state index is 12.2. The molecule has 1 atom stereocenters. The number of hydrogen-bond donors (Lipinski definition) is 2. The second-order valence-electron chi connectivity index (χ2n) is 4.31. The first-order chi connectivity index (χ1) is 9.38. The van der Waals surface area contributed by atoms with Crippen molar-refractivity contribution < 1.29 is 8.42 Å². The number of nitrogens with two attached hydrogens (primary N) is 1. The van der Waals surface area contributed by atoms with Gasteiger partial charge in [0, 0.05) is 16.7 Å². The Balaban J connectivity index is 2.19. The summed E-state index contributed by atoms with van der Waals surface area (Å²) in [7, 11) is -3.61. The van der Waals surface area contributed by atoms with Crippen LogP contribution in [-0.4, -0.2) is 13.4 Å². The van der Waals surface area contributed by atoms with E-state index in [0.29, 0.717) is 0 Å². The summed E-state index contributed by atoms with van der Waals surface area (Å²) in [4.78, 5) is 3.88. The van der Waals surface area contributed by atoms with Crippen molar-refractivity contribution in [1.29, 1.82) is 0 Å². The Hall–Kier alpha value is -1.44. The van der Waals surface area contributed by atoms with E-state index in [2.05, 4.69) is 25.6 Å². The number of nitrogen functional groups attached to an aromatic ring is 1. The first-order valence-electron chi connectivity index (χ1n) is 5.88. The van der Waals surface area contributed by atoms with E-state index in [9.17, 15) is 8.42 Å². The van der Waals surface area contributed by atoms with E-state index in [4.69, 9.17) is 5.73 Å². The maximum atomic E-state index is 12.2. The number of nitrogens with one attached hydrogen (secondary N) is 1. The van der Waals surface area contributed by atoms with Crippen LogP contribution in [0.3, 0.4) is 0 Å². The molecule has 0 unspecified atom stereocenters. The highest BCUT2D eigenvalue weighted by atomic mass is 79.9. The highest BCUT2D eigenvalue weighted by molar-refractivity contribution is 9.10. The van der Waals surface area contributed by atoms with Gasteiger partial charge in [0.05, 0.1) is 0 Å². The molecule has 0 radical (unpaired) electrons. The number of halogens is 1. The van der Waals surface area contributed by atoms with Crippen LogP contribution in [0.1, 0.15) is 18.5 Å². The van der Waals surface area contributed by atoms with E-state index in [1.165, 1.54) is 18.3 Å². The molecule has 0 saturated carbocycles. The van der Waals surface area contributed by atoms with Crippen molar-refractivity contribution in [3.8, 4) is 0 Å². The Morgan fingerprint density at radius 2 is 1.85 bits per heavy atom. The third kappa shape index (κ3) is 3.56. The van der Waals surface area contributed by atoms with E-state index in [0.717, 1.165) is 10.0 Å². The third-order valence-electron chi connectivity index (χ3n) is 2.77. The van der Waals surface area contributed by atoms with Gasteiger partial charge in [0.15, 0.2) is 0 Å². The highest BCUT2D eigenvalue weighted by Gasteiger charge is 2.18. The van der Waals surface area contributed by atoms with E-state index in [-0.39, 0.29) is 16.8 Å². The number of benzene rings is 1. The Kier molecular flexibility index (Phi) is 4.42. The lowest BCUT2D eigenvalue weighted by molar-refractivity contribution is 0.566. The fourth-order valence-electron chi connectivity index (χ4n) is 1.67. The molecule has 0 aliphatic carbocycles. The summed E-state index contributed by atoms with van der Waals surface area (Å²) in [5, 5.41) is 0. The average Bonchev–Trinajstić information content (AvgIpc) is 2.39. The molecule has 3 N–H and O–H groups in total. The molecular formula is C13H14BrN3O2S. The largest absolute Gasteiger partial charge is 0.384 e. The van der Waals surface area contributed by atoms with Gasteiger partial charge in [-0.2, -0.15) is 0 Å². The zero-order valence-corrected chi connectivity index (χ0v) is 13.1. The van der Waals surface area contributed by atoms with Gasteiger partial charge in [-0.25, -0.2) is 18.1 Å². The predicted molar refractivity (Wildman–Crippen MR) is 81.5 cm³/mol. The van der Waals surface area contributed by atoms with Crippen LogP contribution in [0.2, 0.25) is 0 Å². The van der Waals surface area contributed by atoms with Gasteiger partial charge in [-0.1, -0.05) is 28.1 Å². The van der Waals surface area contributed by atoms with Crippen LogP contribution in [0.4, 0.5) is 5.82 Å². The van der Waals surface area contributed by atoms with Crippen molar-refractivity contribution in [3.05, 3.63) is 52.6 Å². The van der Waals surface area contributed by atoms with Gasteiger partial charge in [0.25, 0.3) is 0 Å². The fraction of sp³-hybridized carbons (Fsp3) is 0.154. The fourth-order valence-corrected chi connectivity index (χ4v) is 3.11. The maximum Gasteiger partial charge on any atom is 0.242 e. The van der Waals surface area contributed by atoms with Crippen LogP contribution in [0, 0.1) is 0 Å². The molecule has 0 aliphatic rings. The van der Waals surface area contributed by atoms with Crippen LogP contribution in [0.25, 0.3) is 0 Å². The standard InChI is InChI=1S/C13H14BrN3O2S/c1-9(10-2-4-11(14)5-3-10)17-20(18,19)12-6-7-13(15)16-8-12/h2-9,17H,1H3,(H2,15,16)/t9-/m1/s1. The summed E-state index contributed by atoms with van der Waals surface area (Å²) in [6.07, 6.45) is 1.24. The molecule has 1 aromatic carbocycles. The Labute approximate surface area is 126 Å². The van der Waals surface area contributed by atoms with Crippen molar-refractivity contribution >= 4 is 31.8 Å². The van der Waals surface area contributed by atoms with Gasteiger partial charge in [0.2, 0.25) is 10.0 Å². The molecule has 0 fully saturated rings. The van der Waals surface area contributed by atoms with Gasteiger partial charge in [-0.05, 0) is 36.8 Å². The quantitative estimate of drug-likeness (QED) is 0.881. The number of anilines is 1. The van der Waals surface area contributed by atoms with Crippen molar-refractivity contribution in [2.45, 2.75) is 17.9 Å². The lowest BCUT2D eigenvalue weighted by Gasteiger charge is -2.14. The molecule has 0 spiro atoms. The molecule has 2 rings (SSSR count). The van der Waals surface area contributed by atoms with Crippen LogP contribution < -0.4 is 10.5 Å². The topological polar surface area (TPSA) is 85.1 Å². The molecular weight excluding hydrogens is 342 g/mol. The SMILES string of the molecule is C[C@@H](NS(=O)(=O)c1ccc(N)nc1)c1ccc(Br)cc1. The first kappa shape index (κ1) is 15.0. The summed E-state index contributed by atoms with van der Waals surface area (Å²) >= 11 is 3.34. The number of sulfonamides is 1. The molecule has 1 heterocycles. The Morgan fingerprint density at radius 1 is 1.20 bits per heavy atom. The number of hydrogen-bond acceptors (Lipinski definition) is 4. The Morgan fingerprint density at radius 3 is 2.40 bits per heavy atom. The van der Waals surface area contributed by atoms with Crippen LogP contribution in [-0.2, 0) is 10.0 Å². The van der Waals surface area contributed by atoms with E-state index in [1.54, 1.807) is 6.92 Å².